The number of rotatable bonds is 6. The number of carbonyl (C=O) groups is 1. The minimum Gasteiger partial charge on any atom is -0.481 e. The van der Waals surface area contributed by atoms with E-state index in [0.717, 1.165) is 25.7 Å². The van der Waals surface area contributed by atoms with Crippen LogP contribution in [-0.2, 0) is 4.79 Å². The molecule has 18 heavy (non-hydrogen) atoms. The third-order valence-electron chi connectivity index (χ3n) is 3.54. The van der Waals surface area contributed by atoms with Gasteiger partial charge < -0.3 is 15.5 Å². The standard InChI is InChI=1S/C11H18F3NO3/c12-11(13,14)8(9(17)18)5-15-6-10(7-16)3-1-2-4-10/h8,15-16H,1-7H2,(H,17,18). The van der Waals surface area contributed by atoms with E-state index in [0.29, 0.717) is 0 Å². The summed E-state index contributed by atoms with van der Waals surface area (Å²) in [6, 6.07) is 0. The summed E-state index contributed by atoms with van der Waals surface area (Å²) < 4.78 is 37.1. The monoisotopic (exact) mass is 269 g/mol. The van der Waals surface area contributed by atoms with E-state index in [2.05, 4.69) is 5.32 Å². The van der Waals surface area contributed by atoms with Crippen molar-refractivity contribution in [2.75, 3.05) is 19.7 Å². The molecule has 1 atom stereocenters. The second-order valence-electron chi connectivity index (χ2n) is 4.93. The average molecular weight is 269 g/mol. The van der Waals surface area contributed by atoms with Crippen molar-refractivity contribution in [1.29, 1.82) is 0 Å². The summed E-state index contributed by atoms with van der Waals surface area (Å²) in [5, 5.41) is 20.3. The maximum atomic E-state index is 12.4. The molecule has 3 N–H and O–H groups in total. The first-order valence-corrected chi connectivity index (χ1v) is 5.92. The second kappa shape index (κ2) is 5.88. The van der Waals surface area contributed by atoms with Crippen LogP contribution in [0.2, 0.25) is 0 Å². The molecular weight excluding hydrogens is 251 g/mol. The fraction of sp³-hybridized carbons (Fsp3) is 0.909. The van der Waals surface area contributed by atoms with Crippen LogP contribution < -0.4 is 5.32 Å². The van der Waals surface area contributed by atoms with Crippen LogP contribution in [0.3, 0.4) is 0 Å². The molecule has 1 fully saturated rings. The van der Waals surface area contributed by atoms with Crippen molar-refractivity contribution in [2.24, 2.45) is 11.3 Å². The molecule has 0 aliphatic heterocycles. The molecule has 0 aromatic heterocycles. The molecule has 4 nitrogen and oxygen atoms in total. The zero-order valence-electron chi connectivity index (χ0n) is 9.96. The molecule has 0 aromatic rings. The molecule has 1 rings (SSSR count). The topological polar surface area (TPSA) is 69.6 Å². The fourth-order valence-corrected chi connectivity index (χ4v) is 2.34. The third-order valence-corrected chi connectivity index (χ3v) is 3.54. The van der Waals surface area contributed by atoms with Gasteiger partial charge in [-0.1, -0.05) is 12.8 Å². The summed E-state index contributed by atoms with van der Waals surface area (Å²) in [6.07, 6.45) is -1.32. The summed E-state index contributed by atoms with van der Waals surface area (Å²) >= 11 is 0. The van der Waals surface area contributed by atoms with Crippen LogP contribution in [0.25, 0.3) is 0 Å². The van der Waals surface area contributed by atoms with E-state index in [-0.39, 0.29) is 18.6 Å². The van der Waals surface area contributed by atoms with Crippen LogP contribution in [-0.4, -0.2) is 42.1 Å². The second-order valence-corrected chi connectivity index (χ2v) is 4.93. The van der Waals surface area contributed by atoms with Crippen LogP contribution in [0.1, 0.15) is 25.7 Å². The molecule has 1 unspecified atom stereocenters. The lowest BCUT2D eigenvalue weighted by atomic mass is 9.87. The zero-order valence-corrected chi connectivity index (χ0v) is 9.96. The van der Waals surface area contributed by atoms with Crippen LogP contribution in [0.5, 0.6) is 0 Å². The largest absolute Gasteiger partial charge is 0.481 e. The molecule has 0 saturated heterocycles. The number of alkyl halides is 3. The van der Waals surface area contributed by atoms with E-state index >= 15 is 0 Å². The molecule has 0 radical (unpaired) electrons. The first kappa shape index (κ1) is 15.2. The third kappa shape index (κ3) is 3.84. The molecule has 7 heteroatoms. The number of hydrogen-bond acceptors (Lipinski definition) is 3. The minimum absolute atomic E-state index is 0.0796. The number of aliphatic hydroxyl groups is 1. The van der Waals surface area contributed by atoms with Gasteiger partial charge in [-0.25, -0.2) is 0 Å². The quantitative estimate of drug-likeness (QED) is 0.681. The molecule has 1 saturated carbocycles. The Morgan fingerprint density at radius 1 is 1.33 bits per heavy atom. The molecule has 0 bridgehead atoms. The van der Waals surface area contributed by atoms with E-state index in [1.807, 2.05) is 0 Å². The fourth-order valence-electron chi connectivity index (χ4n) is 2.34. The molecule has 1 aliphatic carbocycles. The first-order chi connectivity index (χ1) is 8.31. The number of aliphatic hydroxyl groups excluding tert-OH is 1. The summed E-state index contributed by atoms with van der Waals surface area (Å²) in [6.45, 7) is -0.506. The van der Waals surface area contributed by atoms with Gasteiger partial charge in [-0.15, -0.1) is 0 Å². The number of carboxylic acid groups (broad SMARTS) is 1. The number of carboxylic acids is 1. The van der Waals surface area contributed by atoms with Gasteiger partial charge in [0.1, 0.15) is 0 Å². The number of hydrogen-bond donors (Lipinski definition) is 3. The Morgan fingerprint density at radius 2 is 1.89 bits per heavy atom. The van der Waals surface area contributed by atoms with Gasteiger partial charge >= 0.3 is 12.1 Å². The highest BCUT2D eigenvalue weighted by molar-refractivity contribution is 5.71. The van der Waals surface area contributed by atoms with Crippen LogP contribution >= 0.6 is 0 Å². The van der Waals surface area contributed by atoms with Crippen LogP contribution in [0.4, 0.5) is 13.2 Å². The van der Waals surface area contributed by atoms with Gasteiger partial charge in [0, 0.05) is 25.1 Å². The lowest BCUT2D eigenvalue weighted by Gasteiger charge is -2.27. The molecule has 0 aromatic carbocycles. The Morgan fingerprint density at radius 3 is 2.28 bits per heavy atom. The summed E-state index contributed by atoms with van der Waals surface area (Å²) in [4.78, 5) is 10.5. The van der Waals surface area contributed by atoms with Crippen molar-refractivity contribution in [3.05, 3.63) is 0 Å². The van der Waals surface area contributed by atoms with Gasteiger partial charge in [-0.2, -0.15) is 13.2 Å². The van der Waals surface area contributed by atoms with Gasteiger partial charge in [0.15, 0.2) is 5.92 Å². The lowest BCUT2D eigenvalue weighted by Crippen LogP contribution is -2.43. The molecule has 0 spiro atoms. The number of aliphatic carboxylic acids is 1. The first-order valence-electron chi connectivity index (χ1n) is 5.92. The maximum absolute atomic E-state index is 12.4. The van der Waals surface area contributed by atoms with Crippen molar-refractivity contribution < 1.29 is 28.2 Å². The van der Waals surface area contributed by atoms with Gasteiger partial charge in [-0.05, 0) is 12.8 Å². The Bertz CT molecular complexity index is 288. The maximum Gasteiger partial charge on any atom is 0.403 e. The van der Waals surface area contributed by atoms with E-state index in [1.54, 1.807) is 0 Å². The minimum atomic E-state index is -4.75. The van der Waals surface area contributed by atoms with Gasteiger partial charge in [0.25, 0.3) is 0 Å². The van der Waals surface area contributed by atoms with Crippen LogP contribution in [0.15, 0.2) is 0 Å². The van der Waals surface area contributed by atoms with Crippen molar-refractivity contribution in [1.82, 2.24) is 5.32 Å². The zero-order chi connectivity index (χ0) is 13.8. The number of halogens is 3. The van der Waals surface area contributed by atoms with Crippen molar-refractivity contribution in [2.45, 2.75) is 31.9 Å². The Hall–Kier alpha value is -0.820. The Kier molecular flexibility index (Phi) is 4.98. The van der Waals surface area contributed by atoms with Crippen molar-refractivity contribution >= 4 is 5.97 Å². The van der Waals surface area contributed by atoms with E-state index < -0.39 is 24.6 Å². The highest BCUT2D eigenvalue weighted by atomic mass is 19.4. The molecule has 106 valence electrons. The molecular formula is C11H18F3NO3. The van der Waals surface area contributed by atoms with Crippen molar-refractivity contribution in [3.8, 4) is 0 Å². The van der Waals surface area contributed by atoms with Gasteiger partial charge in [0.2, 0.25) is 0 Å². The van der Waals surface area contributed by atoms with Crippen LogP contribution in [0, 0.1) is 11.3 Å². The van der Waals surface area contributed by atoms with E-state index in [9.17, 15) is 23.1 Å². The highest BCUT2D eigenvalue weighted by Gasteiger charge is 2.45. The normalized spacial score (nSPS) is 20.9. The Balaban J connectivity index is 2.46. The van der Waals surface area contributed by atoms with Crippen molar-refractivity contribution in [3.63, 3.8) is 0 Å². The van der Waals surface area contributed by atoms with E-state index in [4.69, 9.17) is 5.11 Å². The SMILES string of the molecule is O=C(O)C(CNCC1(CO)CCCC1)C(F)(F)F. The van der Waals surface area contributed by atoms with E-state index in [1.165, 1.54) is 0 Å². The summed E-state index contributed by atoms with van der Waals surface area (Å²) in [5.74, 6) is -4.27. The predicted octanol–water partition coefficient (Wildman–Crippen LogP) is 1.39. The average Bonchev–Trinajstić information content (AvgIpc) is 2.71. The molecule has 0 amide bonds. The van der Waals surface area contributed by atoms with Gasteiger partial charge in [-0.3, -0.25) is 4.79 Å². The summed E-state index contributed by atoms with van der Waals surface area (Å²) in [7, 11) is 0. The molecule has 0 heterocycles. The van der Waals surface area contributed by atoms with Gasteiger partial charge in [0.05, 0.1) is 0 Å². The smallest absolute Gasteiger partial charge is 0.403 e. The molecule has 1 aliphatic rings. The highest BCUT2D eigenvalue weighted by Crippen LogP contribution is 2.37. The lowest BCUT2D eigenvalue weighted by molar-refractivity contribution is -0.192. The summed E-state index contributed by atoms with van der Waals surface area (Å²) in [5.41, 5.74) is -0.380. The number of nitrogens with one attached hydrogen (secondary N) is 1. The Labute approximate surface area is 103 Å². The predicted molar refractivity (Wildman–Crippen MR) is 58.0 cm³/mol.